The number of halogens is 2. The van der Waals surface area contributed by atoms with Crippen LogP contribution in [0.4, 0.5) is 10.1 Å². The predicted octanol–water partition coefficient (Wildman–Crippen LogP) is 2.28. The highest BCUT2D eigenvalue weighted by Crippen LogP contribution is 2.26. The molecule has 0 unspecified atom stereocenters. The lowest BCUT2D eigenvalue weighted by molar-refractivity contribution is 0.626. The van der Waals surface area contributed by atoms with Crippen LogP contribution in [0.5, 0.6) is 0 Å². The molecule has 15 heavy (non-hydrogen) atoms. The molecule has 1 aliphatic rings. The standard InChI is InChI=1S/C11H14ClFN2/c12-10-3-2-9(13)8-11(10)15-6-1-4-14-5-7-15/h2-3,8,14H,1,4-7H2. The van der Waals surface area contributed by atoms with Crippen molar-refractivity contribution in [3.63, 3.8) is 0 Å². The highest BCUT2D eigenvalue weighted by atomic mass is 35.5. The van der Waals surface area contributed by atoms with Crippen LogP contribution < -0.4 is 10.2 Å². The molecule has 1 aliphatic heterocycles. The lowest BCUT2D eigenvalue weighted by Gasteiger charge is -2.23. The van der Waals surface area contributed by atoms with Crippen LogP contribution in [-0.2, 0) is 0 Å². The van der Waals surface area contributed by atoms with Crippen LogP contribution in [0, 0.1) is 5.82 Å². The van der Waals surface area contributed by atoms with Gasteiger partial charge in [0.05, 0.1) is 10.7 Å². The van der Waals surface area contributed by atoms with Crippen molar-refractivity contribution >= 4 is 17.3 Å². The van der Waals surface area contributed by atoms with E-state index < -0.39 is 0 Å². The van der Waals surface area contributed by atoms with Gasteiger partial charge >= 0.3 is 0 Å². The Morgan fingerprint density at radius 2 is 2.13 bits per heavy atom. The normalized spacial score (nSPS) is 17.6. The Morgan fingerprint density at radius 1 is 1.27 bits per heavy atom. The van der Waals surface area contributed by atoms with Gasteiger partial charge in [0.25, 0.3) is 0 Å². The van der Waals surface area contributed by atoms with Crippen molar-refractivity contribution in [2.24, 2.45) is 0 Å². The molecule has 1 fully saturated rings. The molecule has 0 spiro atoms. The average Bonchev–Trinajstić information content (AvgIpc) is 2.50. The van der Waals surface area contributed by atoms with E-state index in [0.717, 1.165) is 38.3 Å². The molecule has 0 atom stereocenters. The molecular formula is C11H14ClFN2. The second-order valence-corrected chi connectivity index (χ2v) is 4.09. The first kappa shape index (κ1) is 10.7. The molecule has 1 N–H and O–H groups in total. The highest BCUT2D eigenvalue weighted by molar-refractivity contribution is 6.33. The summed E-state index contributed by atoms with van der Waals surface area (Å²) in [5.41, 5.74) is 0.806. The first-order valence-electron chi connectivity index (χ1n) is 5.18. The third-order valence-corrected chi connectivity index (χ3v) is 2.91. The molecule has 0 saturated carbocycles. The summed E-state index contributed by atoms with van der Waals surface area (Å²) in [4.78, 5) is 2.13. The first-order chi connectivity index (χ1) is 7.27. The monoisotopic (exact) mass is 228 g/mol. The third-order valence-electron chi connectivity index (χ3n) is 2.59. The summed E-state index contributed by atoms with van der Waals surface area (Å²) >= 11 is 6.05. The van der Waals surface area contributed by atoms with Crippen molar-refractivity contribution in [1.82, 2.24) is 5.32 Å². The van der Waals surface area contributed by atoms with Gasteiger partial charge in [-0.25, -0.2) is 4.39 Å². The number of rotatable bonds is 1. The fourth-order valence-electron chi connectivity index (χ4n) is 1.81. The van der Waals surface area contributed by atoms with E-state index in [4.69, 9.17) is 11.6 Å². The summed E-state index contributed by atoms with van der Waals surface area (Å²) in [5, 5.41) is 3.93. The summed E-state index contributed by atoms with van der Waals surface area (Å²) < 4.78 is 13.1. The Bertz CT molecular complexity index is 335. The Labute approximate surface area is 94.0 Å². The van der Waals surface area contributed by atoms with Crippen LogP contribution in [0.1, 0.15) is 6.42 Å². The number of hydrogen-bond acceptors (Lipinski definition) is 2. The van der Waals surface area contributed by atoms with E-state index in [2.05, 4.69) is 10.2 Å². The average molecular weight is 229 g/mol. The summed E-state index contributed by atoms with van der Waals surface area (Å²) in [6, 6.07) is 4.51. The number of hydrogen-bond donors (Lipinski definition) is 1. The predicted molar refractivity (Wildman–Crippen MR) is 61.1 cm³/mol. The molecule has 0 bridgehead atoms. The van der Waals surface area contributed by atoms with Gasteiger partial charge in [0.1, 0.15) is 5.82 Å². The fraction of sp³-hybridized carbons (Fsp3) is 0.455. The van der Waals surface area contributed by atoms with Crippen molar-refractivity contribution in [3.8, 4) is 0 Å². The van der Waals surface area contributed by atoms with Gasteiger partial charge < -0.3 is 10.2 Å². The van der Waals surface area contributed by atoms with Gasteiger partial charge in [0.2, 0.25) is 0 Å². The first-order valence-corrected chi connectivity index (χ1v) is 5.56. The minimum atomic E-state index is -0.230. The molecule has 1 aromatic carbocycles. The van der Waals surface area contributed by atoms with Crippen molar-refractivity contribution in [2.75, 3.05) is 31.1 Å². The molecule has 4 heteroatoms. The number of anilines is 1. The second-order valence-electron chi connectivity index (χ2n) is 3.69. The van der Waals surface area contributed by atoms with Crippen LogP contribution >= 0.6 is 11.6 Å². The van der Waals surface area contributed by atoms with Gasteiger partial charge in [-0.3, -0.25) is 0 Å². The van der Waals surface area contributed by atoms with Crippen LogP contribution in [0.25, 0.3) is 0 Å². The molecular weight excluding hydrogens is 215 g/mol. The number of nitrogens with zero attached hydrogens (tertiary/aromatic N) is 1. The van der Waals surface area contributed by atoms with E-state index in [9.17, 15) is 4.39 Å². The van der Waals surface area contributed by atoms with Gasteiger partial charge in [-0.15, -0.1) is 0 Å². The van der Waals surface area contributed by atoms with Gasteiger partial charge in [0.15, 0.2) is 0 Å². The number of nitrogens with one attached hydrogen (secondary N) is 1. The molecule has 2 nitrogen and oxygen atoms in total. The Balaban J connectivity index is 2.22. The van der Waals surface area contributed by atoms with Crippen LogP contribution in [0.2, 0.25) is 5.02 Å². The maximum Gasteiger partial charge on any atom is 0.125 e. The summed E-state index contributed by atoms with van der Waals surface area (Å²) in [5.74, 6) is -0.230. The quantitative estimate of drug-likeness (QED) is 0.794. The van der Waals surface area contributed by atoms with E-state index in [0.29, 0.717) is 5.02 Å². The van der Waals surface area contributed by atoms with E-state index in [1.807, 2.05) is 0 Å². The molecule has 1 aromatic rings. The molecule has 0 aliphatic carbocycles. The Hall–Kier alpha value is -0.800. The number of benzene rings is 1. The SMILES string of the molecule is Fc1ccc(Cl)c(N2CCCNCC2)c1. The largest absolute Gasteiger partial charge is 0.369 e. The maximum absolute atomic E-state index is 13.1. The van der Waals surface area contributed by atoms with Crippen LogP contribution in [-0.4, -0.2) is 26.2 Å². The van der Waals surface area contributed by atoms with Gasteiger partial charge in [-0.05, 0) is 31.2 Å². The minimum absolute atomic E-state index is 0.230. The van der Waals surface area contributed by atoms with E-state index in [-0.39, 0.29) is 5.82 Å². The van der Waals surface area contributed by atoms with Crippen molar-refractivity contribution < 1.29 is 4.39 Å². The zero-order valence-electron chi connectivity index (χ0n) is 8.47. The van der Waals surface area contributed by atoms with Crippen LogP contribution in [0.3, 0.4) is 0 Å². The molecule has 82 valence electrons. The van der Waals surface area contributed by atoms with Crippen molar-refractivity contribution in [1.29, 1.82) is 0 Å². The lowest BCUT2D eigenvalue weighted by Crippen LogP contribution is -2.28. The highest BCUT2D eigenvalue weighted by Gasteiger charge is 2.12. The van der Waals surface area contributed by atoms with E-state index >= 15 is 0 Å². The fourth-order valence-corrected chi connectivity index (χ4v) is 2.05. The molecule has 1 saturated heterocycles. The zero-order chi connectivity index (χ0) is 10.7. The smallest absolute Gasteiger partial charge is 0.125 e. The summed E-state index contributed by atoms with van der Waals surface area (Å²) in [6.07, 6.45) is 1.06. The minimum Gasteiger partial charge on any atom is -0.369 e. The van der Waals surface area contributed by atoms with Gasteiger partial charge in [-0.2, -0.15) is 0 Å². The topological polar surface area (TPSA) is 15.3 Å². The van der Waals surface area contributed by atoms with Crippen molar-refractivity contribution in [2.45, 2.75) is 6.42 Å². The second kappa shape index (κ2) is 4.81. The van der Waals surface area contributed by atoms with E-state index in [1.165, 1.54) is 12.1 Å². The zero-order valence-corrected chi connectivity index (χ0v) is 9.23. The Kier molecular flexibility index (Phi) is 3.44. The molecule has 2 rings (SSSR count). The lowest BCUT2D eigenvalue weighted by atomic mass is 10.2. The summed E-state index contributed by atoms with van der Waals surface area (Å²) in [7, 11) is 0. The molecule has 0 aromatic heterocycles. The van der Waals surface area contributed by atoms with E-state index in [1.54, 1.807) is 6.07 Å². The molecule has 0 amide bonds. The summed E-state index contributed by atoms with van der Waals surface area (Å²) in [6.45, 7) is 3.75. The maximum atomic E-state index is 13.1. The third kappa shape index (κ3) is 2.61. The van der Waals surface area contributed by atoms with Gasteiger partial charge in [-0.1, -0.05) is 11.6 Å². The Morgan fingerprint density at radius 3 is 3.00 bits per heavy atom. The van der Waals surface area contributed by atoms with Crippen LogP contribution in [0.15, 0.2) is 18.2 Å². The van der Waals surface area contributed by atoms with Gasteiger partial charge in [0, 0.05) is 19.6 Å². The van der Waals surface area contributed by atoms with Crippen molar-refractivity contribution in [3.05, 3.63) is 29.0 Å². The molecule has 1 heterocycles. The molecule has 0 radical (unpaired) electrons.